The molecule has 0 atom stereocenters. The van der Waals surface area contributed by atoms with E-state index in [0.717, 1.165) is 25.9 Å². The lowest BCUT2D eigenvalue weighted by Crippen LogP contribution is -2.26. The van der Waals surface area contributed by atoms with Crippen LogP contribution in [-0.4, -0.2) is 28.2 Å². The average molecular weight is 279 g/mol. The topological polar surface area (TPSA) is 37.4 Å². The van der Waals surface area contributed by atoms with Gasteiger partial charge in [-0.15, -0.1) is 11.3 Å². The number of thiophene rings is 1. The maximum Gasteiger partial charge on any atom is 0.323 e. The molecule has 0 spiro atoms. The van der Waals surface area contributed by atoms with Crippen molar-refractivity contribution in [1.82, 2.24) is 0 Å². The van der Waals surface area contributed by atoms with E-state index in [9.17, 15) is 9.59 Å². The predicted octanol–water partition coefficient (Wildman–Crippen LogP) is 2.67. The van der Waals surface area contributed by atoms with Gasteiger partial charge in [-0.25, -0.2) is 0 Å². The minimum Gasteiger partial charge on any atom is -0.416 e. The first-order valence-electron chi connectivity index (χ1n) is 5.76. The molecule has 0 fully saturated rings. The first kappa shape index (κ1) is 11.2. The van der Waals surface area contributed by atoms with Gasteiger partial charge in [-0.2, -0.15) is 0 Å². The molecule has 1 aromatic heterocycles. The smallest absolute Gasteiger partial charge is 0.323 e. The number of hydrogen-bond donors (Lipinski definition) is 0. The summed E-state index contributed by atoms with van der Waals surface area (Å²) in [5, 5.41) is 2.25. The number of hydrogen-bond acceptors (Lipinski definition) is 3. The van der Waals surface area contributed by atoms with E-state index >= 15 is 0 Å². The summed E-state index contributed by atoms with van der Waals surface area (Å²) in [7, 11) is 0. The standard InChI is InChI=1S/C14H7NO2S.Al/c16-12-9-6-5-8-7-3-1-2-4-10(7)18-13(8)11(9)15-14(12)17;/h1-6H,(H,15,16,17);/q;+1/p-1. The second kappa shape index (κ2) is 3.67. The van der Waals surface area contributed by atoms with Crippen LogP contribution in [0.2, 0.25) is 0 Å². The number of nitrogens with zero attached hydrogens (tertiary/aromatic N) is 1. The summed E-state index contributed by atoms with van der Waals surface area (Å²) in [6.45, 7) is 0. The maximum absolute atomic E-state index is 11.9. The zero-order chi connectivity index (χ0) is 13.1. The summed E-state index contributed by atoms with van der Waals surface area (Å²) >= 11 is 3.96. The Morgan fingerprint density at radius 1 is 1.00 bits per heavy atom. The molecule has 4 rings (SSSR count). The lowest BCUT2D eigenvalue weighted by atomic mass is 10.1. The molecule has 0 N–H and O–H groups in total. The highest BCUT2D eigenvalue weighted by Gasteiger charge is 2.33. The van der Waals surface area contributed by atoms with Gasteiger partial charge in [0.2, 0.25) is 5.78 Å². The number of benzene rings is 2. The molecule has 1 aliphatic heterocycles. The van der Waals surface area contributed by atoms with Crippen LogP contribution in [0.4, 0.5) is 5.69 Å². The number of rotatable bonds is 0. The van der Waals surface area contributed by atoms with Gasteiger partial charge in [0.05, 0.1) is 10.3 Å². The summed E-state index contributed by atoms with van der Waals surface area (Å²) in [4.78, 5) is 23.6. The van der Waals surface area contributed by atoms with Crippen LogP contribution >= 0.6 is 11.3 Å². The van der Waals surface area contributed by atoms with Crippen LogP contribution in [0.25, 0.3) is 20.2 Å². The van der Waals surface area contributed by atoms with Crippen molar-refractivity contribution in [2.75, 3.05) is 3.88 Å². The summed E-state index contributed by atoms with van der Waals surface area (Å²) < 4.78 is 3.54. The van der Waals surface area contributed by atoms with E-state index in [4.69, 9.17) is 0 Å². The zero-order valence-corrected chi connectivity index (χ0v) is 11.7. The molecule has 0 bridgehead atoms. The number of anilines is 1. The molecule has 0 saturated carbocycles. The molecular weight excluding hydrogens is 273 g/mol. The van der Waals surface area contributed by atoms with Gasteiger partial charge >= 0.3 is 16.5 Å². The minimum absolute atomic E-state index is 0.427. The van der Waals surface area contributed by atoms with Crippen molar-refractivity contribution >= 4 is 65.4 Å². The van der Waals surface area contributed by atoms with E-state index in [2.05, 4.69) is 28.6 Å². The largest absolute Gasteiger partial charge is 0.416 e. The van der Waals surface area contributed by atoms with Crippen LogP contribution in [0, 0.1) is 0 Å². The summed E-state index contributed by atoms with van der Waals surface area (Å²) in [6.07, 6.45) is 0. The lowest BCUT2D eigenvalue weighted by Gasteiger charge is -2.11. The van der Waals surface area contributed by atoms with Gasteiger partial charge in [0.25, 0.3) is 5.91 Å². The van der Waals surface area contributed by atoms with Crippen molar-refractivity contribution in [3.05, 3.63) is 42.0 Å². The molecule has 88 valence electrons. The van der Waals surface area contributed by atoms with Gasteiger partial charge in [0.1, 0.15) is 0 Å². The van der Waals surface area contributed by atoms with E-state index in [1.54, 1.807) is 17.4 Å². The third-order valence-corrected chi connectivity index (χ3v) is 5.11. The van der Waals surface area contributed by atoms with Gasteiger partial charge in [-0.05, 0) is 12.1 Å². The Bertz CT molecular complexity index is 884. The van der Waals surface area contributed by atoms with E-state index < -0.39 is 11.7 Å². The number of Topliss-reactive ketones (excluding diaryl/α,β-unsaturated/α-hetero) is 1. The zero-order valence-electron chi connectivity index (χ0n) is 9.71. The van der Waals surface area contributed by atoms with Crippen LogP contribution in [0.5, 0.6) is 0 Å². The summed E-state index contributed by atoms with van der Waals surface area (Å²) in [6, 6.07) is 11.8. The lowest BCUT2D eigenvalue weighted by molar-refractivity contribution is -0.113. The predicted molar refractivity (Wildman–Crippen MR) is 76.9 cm³/mol. The molecule has 5 heteroatoms. The molecule has 0 saturated heterocycles. The Labute approximate surface area is 121 Å². The summed E-state index contributed by atoms with van der Waals surface area (Å²) in [5.41, 5.74) is 1.22. The monoisotopic (exact) mass is 279 g/mol. The molecule has 0 aliphatic carbocycles. The van der Waals surface area contributed by atoms with Crippen molar-refractivity contribution < 1.29 is 9.59 Å². The third-order valence-electron chi connectivity index (χ3n) is 3.42. The van der Waals surface area contributed by atoms with Gasteiger partial charge in [-0.1, -0.05) is 24.3 Å². The normalized spacial score (nSPS) is 14.6. The first-order chi connectivity index (χ1) is 9.18. The molecule has 2 heterocycles. The molecule has 3 aromatic rings. The van der Waals surface area contributed by atoms with Crippen molar-refractivity contribution in [2.45, 2.75) is 0 Å². The highest BCUT2D eigenvalue weighted by atomic mass is 32.1. The van der Waals surface area contributed by atoms with Crippen molar-refractivity contribution in [2.24, 2.45) is 0 Å². The Hall–Kier alpha value is -1.67. The molecule has 0 unspecified atom stereocenters. The minimum atomic E-state index is -0.482. The SMILES string of the molecule is O=C1C(=O)[N]([Al])c2c1ccc1c2sc2ccccc21. The van der Waals surface area contributed by atoms with Gasteiger partial charge < -0.3 is 3.88 Å². The average Bonchev–Trinajstić information content (AvgIpc) is 2.91. The molecule has 3 nitrogen and oxygen atoms in total. The molecule has 19 heavy (non-hydrogen) atoms. The van der Waals surface area contributed by atoms with E-state index in [1.807, 2.05) is 18.2 Å². The van der Waals surface area contributed by atoms with E-state index in [-0.39, 0.29) is 0 Å². The molecule has 2 radical (unpaired) electrons. The van der Waals surface area contributed by atoms with Gasteiger partial charge in [0.15, 0.2) is 0 Å². The summed E-state index contributed by atoms with van der Waals surface area (Å²) in [5.74, 6) is -0.908. The second-order valence-corrected chi connectivity index (χ2v) is 6.01. The van der Waals surface area contributed by atoms with Crippen LogP contribution in [-0.2, 0) is 4.79 Å². The second-order valence-electron chi connectivity index (χ2n) is 4.44. The Morgan fingerprint density at radius 2 is 1.79 bits per heavy atom. The first-order valence-corrected chi connectivity index (χ1v) is 7.09. The fourth-order valence-corrected chi connectivity index (χ4v) is 4.25. The van der Waals surface area contributed by atoms with Gasteiger partial charge in [0, 0.05) is 21.2 Å². The van der Waals surface area contributed by atoms with Crippen LogP contribution in [0.1, 0.15) is 10.4 Å². The Morgan fingerprint density at radius 3 is 2.63 bits per heavy atom. The van der Waals surface area contributed by atoms with Crippen LogP contribution < -0.4 is 3.88 Å². The number of carbonyl (C=O) groups is 2. The maximum atomic E-state index is 11.9. The van der Waals surface area contributed by atoms with Crippen molar-refractivity contribution in [3.63, 3.8) is 0 Å². The molecule has 1 aliphatic rings. The number of fused-ring (bicyclic) bond motifs is 5. The molecular formula is C14H6AlNO2S. The number of carbonyl (C=O) groups excluding carboxylic acids is 2. The number of ketones is 1. The number of amides is 1. The highest BCUT2D eigenvalue weighted by Crippen LogP contribution is 2.43. The van der Waals surface area contributed by atoms with E-state index in [1.165, 1.54) is 3.88 Å². The highest BCUT2D eigenvalue weighted by molar-refractivity contribution is 7.26. The van der Waals surface area contributed by atoms with Crippen molar-refractivity contribution in [3.8, 4) is 0 Å². The molecule has 2 aromatic carbocycles. The fourth-order valence-electron chi connectivity index (χ4n) is 2.52. The Balaban J connectivity index is 2.21. The Kier molecular flexibility index (Phi) is 2.16. The van der Waals surface area contributed by atoms with Gasteiger partial charge in [-0.3, -0.25) is 9.59 Å². The van der Waals surface area contributed by atoms with Crippen LogP contribution in [0.15, 0.2) is 36.4 Å². The van der Waals surface area contributed by atoms with E-state index in [0.29, 0.717) is 5.56 Å². The van der Waals surface area contributed by atoms with Crippen molar-refractivity contribution in [1.29, 1.82) is 0 Å². The fraction of sp³-hybridized carbons (Fsp3) is 0. The van der Waals surface area contributed by atoms with Crippen LogP contribution in [0.3, 0.4) is 0 Å². The molecule has 1 amide bonds. The quantitative estimate of drug-likeness (QED) is 0.468. The third kappa shape index (κ3) is 1.32.